The molecule has 1 unspecified atom stereocenters. The Labute approximate surface area is 152 Å². The number of para-hydroxylation sites is 1. The molecule has 0 bridgehead atoms. The smallest absolute Gasteiger partial charge is 0.241 e. The van der Waals surface area contributed by atoms with Crippen molar-refractivity contribution in [3.8, 4) is 0 Å². The number of hydrogen-bond acceptors (Lipinski definition) is 2. The lowest BCUT2D eigenvalue weighted by molar-refractivity contribution is -0.118. The molecule has 0 N–H and O–H groups in total. The van der Waals surface area contributed by atoms with Gasteiger partial charge in [-0.2, -0.15) is 0 Å². The number of carbonyl (C=O) groups is 1. The maximum Gasteiger partial charge on any atom is 0.241 e. The average molecular weight is 345 g/mol. The SMILES string of the molecule is O=C1C(Cc2ccccc2)Sc2ccccc2N1Cc1ccccc1. The van der Waals surface area contributed by atoms with Crippen LogP contribution in [0.15, 0.2) is 89.8 Å². The fourth-order valence-corrected chi connectivity index (χ4v) is 4.43. The summed E-state index contributed by atoms with van der Waals surface area (Å²) in [6.45, 7) is 0.614. The van der Waals surface area contributed by atoms with Gasteiger partial charge in [0, 0.05) is 4.90 Å². The number of benzene rings is 3. The highest BCUT2D eigenvalue weighted by Crippen LogP contribution is 2.40. The number of carbonyl (C=O) groups excluding carboxylic acids is 1. The largest absolute Gasteiger partial charge is 0.306 e. The van der Waals surface area contributed by atoms with Crippen molar-refractivity contribution in [2.75, 3.05) is 4.90 Å². The van der Waals surface area contributed by atoms with E-state index in [0.717, 1.165) is 17.7 Å². The molecular weight excluding hydrogens is 326 g/mol. The maximum absolute atomic E-state index is 13.2. The third kappa shape index (κ3) is 3.47. The minimum Gasteiger partial charge on any atom is -0.306 e. The van der Waals surface area contributed by atoms with Crippen molar-refractivity contribution in [3.63, 3.8) is 0 Å². The third-order valence-corrected chi connectivity index (χ3v) is 5.67. The highest BCUT2D eigenvalue weighted by molar-refractivity contribution is 8.01. The molecule has 2 nitrogen and oxygen atoms in total. The fourth-order valence-electron chi connectivity index (χ4n) is 3.16. The first kappa shape index (κ1) is 16.0. The van der Waals surface area contributed by atoms with Crippen LogP contribution in [0.25, 0.3) is 0 Å². The molecule has 0 aliphatic carbocycles. The second-order valence-electron chi connectivity index (χ2n) is 6.17. The maximum atomic E-state index is 13.2. The normalized spacial score (nSPS) is 16.6. The van der Waals surface area contributed by atoms with Gasteiger partial charge in [-0.05, 0) is 29.7 Å². The fraction of sp³-hybridized carbons (Fsp3) is 0.136. The summed E-state index contributed by atoms with van der Waals surface area (Å²) in [6, 6.07) is 28.7. The summed E-state index contributed by atoms with van der Waals surface area (Å²) in [6.07, 6.45) is 0.754. The lowest BCUT2D eigenvalue weighted by atomic mass is 10.1. The zero-order chi connectivity index (χ0) is 17.1. The van der Waals surface area contributed by atoms with Crippen LogP contribution < -0.4 is 4.90 Å². The number of fused-ring (bicyclic) bond motifs is 1. The van der Waals surface area contributed by atoms with Crippen molar-refractivity contribution in [1.29, 1.82) is 0 Å². The monoisotopic (exact) mass is 345 g/mol. The summed E-state index contributed by atoms with van der Waals surface area (Å²) in [7, 11) is 0. The van der Waals surface area contributed by atoms with Crippen molar-refractivity contribution in [3.05, 3.63) is 96.1 Å². The van der Waals surface area contributed by atoms with E-state index in [0.29, 0.717) is 6.54 Å². The van der Waals surface area contributed by atoms with Crippen LogP contribution >= 0.6 is 11.8 Å². The van der Waals surface area contributed by atoms with E-state index in [2.05, 4.69) is 30.3 Å². The van der Waals surface area contributed by atoms with E-state index >= 15 is 0 Å². The van der Waals surface area contributed by atoms with E-state index in [-0.39, 0.29) is 11.2 Å². The van der Waals surface area contributed by atoms with Crippen molar-refractivity contribution >= 4 is 23.4 Å². The summed E-state index contributed by atoms with van der Waals surface area (Å²) in [5.74, 6) is 0.191. The zero-order valence-corrected chi connectivity index (χ0v) is 14.7. The molecule has 25 heavy (non-hydrogen) atoms. The van der Waals surface area contributed by atoms with Crippen LogP contribution in [0.4, 0.5) is 5.69 Å². The second-order valence-corrected chi connectivity index (χ2v) is 7.42. The minimum atomic E-state index is -0.0824. The number of amides is 1. The molecule has 3 heteroatoms. The Kier molecular flexibility index (Phi) is 4.57. The molecule has 1 amide bonds. The van der Waals surface area contributed by atoms with Gasteiger partial charge < -0.3 is 4.90 Å². The van der Waals surface area contributed by atoms with Crippen molar-refractivity contribution in [2.24, 2.45) is 0 Å². The molecule has 1 atom stereocenters. The second kappa shape index (κ2) is 7.16. The molecule has 0 aromatic heterocycles. The van der Waals surface area contributed by atoms with Gasteiger partial charge in [-0.15, -0.1) is 11.8 Å². The van der Waals surface area contributed by atoms with Crippen LogP contribution in [-0.2, 0) is 17.8 Å². The topological polar surface area (TPSA) is 20.3 Å². The Balaban J connectivity index is 1.65. The van der Waals surface area contributed by atoms with E-state index in [1.165, 1.54) is 10.5 Å². The third-order valence-electron chi connectivity index (χ3n) is 4.41. The molecule has 0 fully saturated rings. The molecule has 4 rings (SSSR count). The van der Waals surface area contributed by atoms with Crippen LogP contribution in [0.3, 0.4) is 0 Å². The van der Waals surface area contributed by atoms with E-state index < -0.39 is 0 Å². The molecule has 3 aromatic rings. The van der Waals surface area contributed by atoms with E-state index in [1.54, 1.807) is 11.8 Å². The lowest BCUT2D eigenvalue weighted by Crippen LogP contribution is -2.41. The van der Waals surface area contributed by atoms with Gasteiger partial charge in [-0.1, -0.05) is 72.8 Å². The van der Waals surface area contributed by atoms with Gasteiger partial charge in [0.05, 0.1) is 17.5 Å². The van der Waals surface area contributed by atoms with Gasteiger partial charge in [-0.25, -0.2) is 0 Å². The van der Waals surface area contributed by atoms with Crippen LogP contribution in [0, 0.1) is 0 Å². The molecule has 3 aromatic carbocycles. The van der Waals surface area contributed by atoms with Crippen LogP contribution in [0.1, 0.15) is 11.1 Å². The van der Waals surface area contributed by atoms with E-state index in [1.807, 2.05) is 59.5 Å². The van der Waals surface area contributed by atoms with Gasteiger partial charge in [-0.3, -0.25) is 4.79 Å². The Morgan fingerprint density at radius 3 is 2.08 bits per heavy atom. The van der Waals surface area contributed by atoms with E-state index in [4.69, 9.17) is 0 Å². The van der Waals surface area contributed by atoms with Crippen molar-refractivity contribution < 1.29 is 4.79 Å². The summed E-state index contributed by atoms with van der Waals surface area (Å²) < 4.78 is 0. The molecule has 0 saturated heterocycles. The lowest BCUT2D eigenvalue weighted by Gasteiger charge is -2.34. The summed E-state index contributed by atoms with van der Waals surface area (Å²) >= 11 is 1.68. The molecular formula is C22H19NOS. The molecule has 1 aliphatic heterocycles. The Morgan fingerprint density at radius 2 is 1.36 bits per heavy atom. The zero-order valence-electron chi connectivity index (χ0n) is 13.8. The van der Waals surface area contributed by atoms with Crippen molar-refractivity contribution in [2.45, 2.75) is 23.1 Å². The molecule has 1 heterocycles. The summed E-state index contributed by atoms with van der Waals surface area (Å²) in [4.78, 5) is 16.3. The standard InChI is InChI=1S/C22H19NOS/c24-22-21(15-17-9-3-1-4-10-17)25-20-14-8-7-13-19(20)23(22)16-18-11-5-2-6-12-18/h1-14,21H,15-16H2. The predicted octanol–water partition coefficient (Wildman–Crippen LogP) is 4.94. The molecule has 0 saturated carbocycles. The first-order valence-electron chi connectivity index (χ1n) is 8.46. The van der Waals surface area contributed by atoms with Gasteiger partial charge >= 0.3 is 0 Å². The average Bonchev–Trinajstić information content (AvgIpc) is 2.67. The number of nitrogens with zero attached hydrogens (tertiary/aromatic N) is 1. The van der Waals surface area contributed by atoms with Gasteiger partial charge in [0.2, 0.25) is 5.91 Å². The predicted molar refractivity (Wildman–Crippen MR) is 104 cm³/mol. The molecule has 0 spiro atoms. The highest BCUT2D eigenvalue weighted by atomic mass is 32.2. The van der Waals surface area contributed by atoms with Gasteiger partial charge in [0.15, 0.2) is 0 Å². The Morgan fingerprint density at radius 1 is 0.760 bits per heavy atom. The van der Waals surface area contributed by atoms with Crippen LogP contribution in [0.2, 0.25) is 0 Å². The van der Waals surface area contributed by atoms with Gasteiger partial charge in [0.25, 0.3) is 0 Å². The van der Waals surface area contributed by atoms with Crippen LogP contribution in [-0.4, -0.2) is 11.2 Å². The number of anilines is 1. The van der Waals surface area contributed by atoms with E-state index in [9.17, 15) is 4.79 Å². The molecule has 0 radical (unpaired) electrons. The number of thioether (sulfide) groups is 1. The minimum absolute atomic E-state index is 0.0824. The van der Waals surface area contributed by atoms with Gasteiger partial charge in [0.1, 0.15) is 0 Å². The quantitative estimate of drug-likeness (QED) is 0.668. The van der Waals surface area contributed by atoms with Crippen molar-refractivity contribution in [1.82, 2.24) is 0 Å². The first-order chi connectivity index (χ1) is 12.3. The number of rotatable bonds is 4. The Hall–Kier alpha value is -2.52. The molecule has 1 aliphatic rings. The summed E-state index contributed by atoms with van der Waals surface area (Å²) in [5.41, 5.74) is 3.37. The summed E-state index contributed by atoms with van der Waals surface area (Å²) in [5, 5.41) is -0.0824. The first-order valence-corrected chi connectivity index (χ1v) is 9.34. The molecule has 124 valence electrons. The highest BCUT2D eigenvalue weighted by Gasteiger charge is 2.33. The van der Waals surface area contributed by atoms with Crippen LogP contribution in [0.5, 0.6) is 0 Å². The Bertz CT molecular complexity index is 863. The number of hydrogen-bond donors (Lipinski definition) is 0.